The molecule has 0 radical (unpaired) electrons. The fourth-order valence-corrected chi connectivity index (χ4v) is 5.46. The molecule has 2 aromatic rings. The number of aliphatic hydroxyl groups is 1. The molecule has 1 heterocycles. The molecule has 2 aliphatic carbocycles. The lowest BCUT2D eigenvalue weighted by Crippen LogP contribution is -2.27. The van der Waals surface area contributed by atoms with Gasteiger partial charge < -0.3 is 21.9 Å². The molecule has 2 saturated carbocycles. The van der Waals surface area contributed by atoms with Crippen molar-refractivity contribution in [1.29, 1.82) is 0 Å². The zero-order valence-corrected chi connectivity index (χ0v) is 19.6. The van der Waals surface area contributed by atoms with Crippen molar-refractivity contribution in [3.8, 4) is 11.1 Å². The zero-order chi connectivity index (χ0) is 24.3. The van der Waals surface area contributed by atoms with Crippen LogP contribution < -0.4 is 16.8 Å². The Morgan fingerprint density at radius 1 is 1.39 bits per heavy atom. The number of anilines is 1. The van der Waals surface area contributed by atoms with Crippen LogP contribution in [0.15, 0.2) is 42.6 Å². The normalized spacial score (nSPS) is 26.0. The number of nitrogens with two attached hydrogens (primary N) is 2. The number of nitrogen functional groups attached to an aromatic ring is 1. The lowest BCUT2D eigenvalue weighted by molar-refractivity contribution is -0.106. The van der Waals surface area contributed by atoms with Gasteiger partial charge in [0.05, 0.1) is 16.3 Å². The molecule has 4 rings (SSSR count). The van der Waals surface area contributed by atoms with Crippen LogP contribution in [-0.2, 0) is 11.8 Å². The molecule has 2 aliphatic rings. The van der Waals surface area contributed by atoms with Gasteiger partial charge in [-0.1, -0.05) is 24.2 Å². The molecular weight excluding hydrogens is 445 g/mol. The van der Waals surface area contributed by atoms with Gasteiger partial charge >= 0.3 is 0 Å². The van der Waals surface area contributed by atoms with Crippen molar-refractivity contribution in [3.63, 3.8) is 0 Å². The van der Waals surface area contributed by atoms with Crippen LogP contribution in [0.1, 0.15) is 37.3 Å². The van der Waals surface area contributed by atoms with Gasteiger partial charge in [0.2, 0.25) is 6.41 Å². The highest BCUT2D eigenvalue weighted by atomic mass is 35.5. The summed E-state index contributed by atoms with van der Waals surface area (Å²) in [5, 5.41) is 18.9. The maximum atomic E-state index is 13.7. The van der Waals surface area contributed by atoms with Crippen LogP contribution in [0.5, 0.6) is 0 Å². The summed E-state index contributed by atoms with van der Waals surface area (Å²) in [7, 11) is 3.65. The third kappa shape index (κ3) is 4.91. The molecule has 178 valence electrons. The first-order chi connectivity index (χ1) is 15.6. The van der Waals surface area contributed by atoms with E-state index in [0.717, 1.165) is 35.2 Å². The van der Waals surface area contributed by atoms with Gasteiger partial charge in [-0.15, -0.1) is 0 Å². The number of carbonyl (C=O) groups is 1. The van der Waals surface area contributed by atoms with E-state index in [1.165, 1.54) is 6.07 Å². The van der Waals surface area contributed by atoms with Gasteiger partial charge in [-0.2, -0.15) is 5.10 Å². The highest BCUT2D eigenvalue weighted by Crippen LogP contribution is 2.56. The number of nitrogens with zero attached hydrogens (tertiary/aromatic N) is 2. The van der Waals surface area contributed by atoms with E-state index < -0.39 is 11.4 Å². The number of hydrogen-bond donors (Lipinski definition) is 4. The molecule has 1 amide bonds. The Kier molecular flexibility index (Phi) is 7.49. The fraction of sp³-hybridized carbons (Fsp3) is 0.417. The van der Waals surface area contributed by atoms with Crippen LogP contribution in [0, 0.1) is 17.7 Å². The Balaban J connectivity index is 0.000000968. The Labute approximate surface area is 198 Å². The molecule has 2 fully saturated rings. The van der Waals surface area contributed by atoms with Gasteiger partial charge in [0.25, 0.3) is 0 Å². The minimum atomic E-state index is -0.843. The molecule has 9 heteroatoms. The maximum Gasteiger partial charge on any atom is 0.204 e. The first-order valence-electron chi connectivity index (χ1n) is 10.8. The lowest BCUT2D eigenvalue weighted by atomic mass is 9.86. The Morgan fingerprint density at radius 2 is 2.00 bits per heavy atom. The number of amides is 1. The SMILES string of the molecule is C=C(/C=C\NC)C1(O)CC2CC(c3nn(C)c(N)c3-c3ccc(F)c(Cl)c3)CC2C1.NC=O. The summed E-state index contributed by atoms with van der Waals surface area (Å²) in [6.07, 6.45) is 7.20. The Hall–Kier alpha value is -2.84. The maximum absolute atomic E-state index is 13.7. The topological polar surface area (TPSA) is 119 Å². The average Bonchev–Trinajstić information content (AvgIpc) is 3.39. The number of fused-ring (bicyclic) bond motifs is 1. The summed E-state index contributed by atoms with van der Waals surface area (Å²) in [6.45, 7) is 4.08. The van der Waals surface area contributed by atoms with Crippen molar-refractivity contribution in [1.82, 2.24) is 15.1 Å². The number of rotatable bonds is 5. The van der Waals surface area contributed by atoms with E-state index in [0.29, 0.717) is 30.5 Å². The van der Waals surface area contributed by atoms with E-state index in [4.69, 9.17) is 27.2 Å². The predicted octanol–water partition coefficient (Wildman–Crippen LogP) is 3.49. The molecular formula is C24H31ClFN5O2. The molecule has 0 bridgehead atoms. The van der Waals surface area contributed by atoms with Crippen molar-refractivity contribution < 1.29 is 14.3 Å². The minimum absolute atomic E-state index is 0.0724. The zero-order valence-electron chi connectivity index (χ0n) is 18.9. The Bertz CT molecular complexity index is 1050. The molecule has 0 spiro atoms. The molecule has 7 nitrogen and oxygen atoms in total. The standard InChI is InChI=1S/C23H28ClFN4O.CH3NO/c1-13(6-7-27-2)23(30)11-16-8-15(9-17(16)12-23)21-20(22(26)29(3)28-21)14-4-5-19(25)18(24)10-14;2-1-3/h4-7,10,15-17,27,30H,1,8-9,11-12,26H2,2-3H3;1H,(H2,2,3)/b7-6-;. The number of hydrogen-bond acceptors (Lipinski definition) is 5. The van der Waals surface area contributed by atoms with E-state index in [-0.39, 0.29) is 17.4 Å². The number of benzene rings is 1. The highest BCUT2D eigenvalue weighted by molar-refractivity contribution is 6.31. The number of aryl methyl sites for hydroxylation is 1. The minimum Gasteiger partial charge on any atom is -0.394 e. The quantitative estimate of drug-likeness (QED) is 0.390. The van der Waals surface area contributed by atoms with Gasteiger partial charge in [-0.25, -0.2) is 4.39 Å². The van der Waals surface area contributed by atoms with Crippen LogP contribution >= 0.6 is 11.6 Å². The second-order valence-corrected chi connectivity index (χ2v) is 9.22. The molecule has 1 aromatic carbocycles. The van der Waals surface area contributed by atoms with Crippen molar-refractivity contribution in [2.24, 2.45) is 24.6 Å². The molecule has 2 unspecified atom stereocenters. The lowest BCUT2D eigenvalue weighted by Gasteiger charge is -2.25. The summed E-state index contributed by atoms with van der Waals surface area (Å²) in [4.78, 5) is 8.58. The summed E-state index contributed by atoms with van der Waals surface area (Å²) in [5.41, 5.74) is 13.0. The third-order valence-corrected chi connectivity index (χ3v) is 7.09. The van der Waals surface area contributed by atoms with Crippen molar-refractivity contribution in [2.45, 2.75) is 37.2 Å². The van der Waals surface area contributed by atoms with Gasteiger partial charge in [0, 0.05) is 25.6 Å². The monoisotopic (exact) mass is 475 g/mol. The second kappa shape index (κ2) is 9.97. The molecule has 2 atom stereocenters. The number of carbonyl (C=O) groups excluding carboxylic acids is 1. The van der Waals surface area contributed by atoms with Gasteiger partial charge in [-0.3, -0.25) is 9.48 Å². The highest BCUT2D eigenvalue weighted by Gasteiger charge is 2.50. The summed E-state index contributed by atoms with van der Waals surface area (Å²) < 4.78 is 15.3. The summed E-state index contributed by atoms with van der Waals surface area (Å²) in [6, 6.07) is 4.67. The molecule has 0 saturated heterocycles. The number of halogens is 2. The number of aromatic nitrogens is 2. The average molecular weight is 476 g/mol. The fourth-order valence-electron chi connectivity index (χ4n) is 5.28. The molecule has 1 aromatic heterocycles. The van der Waals surface area contributed by atoms with Crippen molar-refractivity contribution in [2.75, 3.05) is 12.8 Å². The molecule has 33 heavy (non-hydrogen) atoms. The van der Waals surface area contributed by atoms with Crippen LogP contribution in [0.3, 0.4) is 0 Å². The number of primary amides is 1. The Morgan fingerprint density at radius 3 is 2.55 bits per heavy atom. The van der Waals surface area contributed by atoms with Crippen LogP contribution in [-0.4, -0.2) is 33.9 Å². The first kappa shape index (κ1) is 24.8. The third-order valence-electron chi connectivity index (χ3n) is 6.80. The van der Waals surface area contributed by atoms with Gasteiger partial charge in [0.15, 0.2) is 0 Å². The smallest absolute Gasteiger partial charge is 0.204 e. The predicted molar refractivity (Wildman–Crippen MR) is 129 cm³/mol. The van der Waals surface area contributed by atoms with Crippen molar-refractivity contribution in [3.05, 3.63) is 59.2 Å². The molecule has 0 aliphatic heterocycles. The van der Waals surface area contributed by atoms with E-state index in [9.17, 15) is 9.50 Å². The number of nitrogens with one attached hydrogen (secondary N) is 1. The van der Waals surface area contributed by atoms with E-state index >= 15 is 0 Å². The van der Waals surface area contributed by atoms with E-state index in [1.807, 2.05) is 20.2 Å². The van der Waals surface area contributed by atoms with Crippen LogP contribution in [0.4, 0.5) is 10.2 Å². The molecule has 6 N–H and O–H groups in total. The van der Waals surface area contributed by atoms with E-state index in [2.05, 4.69) is 17.6 Å². The van der Waals surface area contributed by atoms with Gasteiger partial charge in [0.1, 0.15) is 11.6 Å². The van der Waals surface area contributed by atoms with Crippen molar-refractivity contribution >= 4 is 23.8 Å². The van der Waals surface area contributed by atoms with Gasteiger partial charge in [-0.05, 0) is 73.1 Å². The largest absolute Gasteiger partial charge is 0.394 e. The van der Waals surface area contributed by atoms with Crippen LogP contribution in [0.25, 0.3) is 11.1 Å². The first-order valence-corrected chi connectivity index (χ1v) is 11.2. The summed E-state index contributed by atoms with van der Waals surface area (Å²) in [5.74, 6) is 1.16. The second-order valence-electron chi connectivity index (χ2n) is 8.81. The summed E-state index contributed by atoms with van der Waals surface area (Å²) >= 11 is 6.02. The van der Waals surface area contributed by atoms with E-state index in [1.54, 1.807) is 23.0 Å². The van der Waals surface area contributed by atoms with Crippen LogP contribution in [0.2, 0.25) is 5.02 Å².